The standard InChI is InChI=1S/C26H23NO5/c1-15-5-4-6-18(13-15)23-22(24(29)17-8-10-19(32-3)11-9-17)25(30)26(31)27(23)20-14-16(2)7-12-21(20)28/h4-14,23,28-29H,1-3H3/b24-22+. The number of aliphatic hydroxyl groups is 1. The first-order chi connectivity index (χ1) is 15.3. The highest BCUT2D eigenvalue weighted by molar-refractivity contribution is 6.51. The summed E-state index contributed by atoms with van der Waals surface area (Å²) in [7, 11) is 1.53. The summed E-state index contributed by atoms with van der Waals surface area (Å²) in [6, 6.07) is 17.9. The highest BCUT2D eigenvalue weighted by Crippen LogP contribution is 2.45. The average Bonchev–Trinajstić information content (AvgIpc) is 3.05. The number of amides is 1. The van der Waals surface area contributed by atoms with Gasteiger partial charge in [0.25, 0.3) is 11.7 Å². The zero-order valence-corrected chi connectivity index (χ0v) is 18.0. The van der Waals surface area contributed by atoms with Crippen molar-refractivity contribution in [3.63, 3.8) is 0 Å². The van der Waals surface area contributed by atoms with E-state index in [1.807, 2.05) is 32.0 Å². The maximum atomic E-state index is 13.2. The molecule has 162 valence electrons. The molecule has 0 aliphatic carbocycles. The number of aliphatic hydroxyl groups excluding tert-OH is 1. The van der Waals surface area contributed by atoms with Gasteiger partial charge in [-0.3, -0.25) is 14.5 Å². The molecule has 0 radical (unpaired) electrons. The molecule has 1 fully saturated rings. The van der Waals surface area contributed by atoms with E-state index in [0.29, 0.717) is 16.9 Å². The summed E-state index contributed by atoms with van der Waals surface area (Å²) in [4.78, 5) is 27.6. The number of rotatable bonds is 4. The second-order valence-corrected chi connectivity index (χ2v) is 7.80. The van der Waals surface area contributed by atoms with Crippen molar-refractivity contribution in [1.82, 2.24) is 0 Å². The number of ether oxygens (including phenoxy) is 1. The van der Waals surface area contributed by atoms with Crippen LogP contribution in [0, 0.1) is 13.8 Å². The van der Waals surface area contributed by atoms with Crippen LogP contribution in [0.3, 0.4) is 0 Å². The Balaban J connectivity index is 1.96. The predicted molar refractivity (Wildman–Crippen MR) is 122 cm³/mol. The number of hydrogen-bond acceptors (Lipinski definition) is 5. The van der Waals surface area contributed by atoms with Crippen LogP contribution in [0.2, 0.25) is 0 Å². The van der Waals surface area contributed by atoms with Gasteiger partial charge in [0.2, 0.25) is 0 Å². The molecule has 0 saturated carbocycles. The fourth-order valence-electron chi connectivity index (χ4n) is 3.97. The largest absolute Gasteiger partial charge is 0.507 e. The minimum Gasteiger partial charge on any atom is -0.507 e. The molecule has 1 aliphatic heterocycles. The lowest BCUT2D eigenvalue weighted by molar-refractivity contribution is -0.132. The smallest absolute Gasteiger partial charge is 0.300 e. The molecule has 1 amide bonds. The van der Waals surface area contributed by atoms with Gasteiger partial charge in [-0.1, -0.05) is 35.9 Å². The summed E-state index contributed by atoms with van der Waals surface area (Å²) in [6.07, 6.45) is 0. The van der Waals surface area contributed by atoms with Gasteiger partial charge in [-0.2, -0.15) is 0 Å². The monoisotopic (exact) mass is 429 g/mol. The van der Waals surface area contributed by atoms with Crippen molar-refractivity contribution < 1.29 is 24.5 Å². The quantitative estimate of drug-likeness (QED) is 0.358. The lowest BCUT2D eigenvalue weighted by Crippen LogP contribution is -2.29. The molecule has 1 saturated heterocycles. The average molecular weight is 429 g/mol. The Morgan fingerprint density at radius 2 is 1.62 bits per heavy atom. The zero-order valence-electron chi connectivity index (χ0n) is 18.0. The Bertz CT molecular complexity index is 1240. The Hall–Kier alpha value is -4.06. The van der Waals surface area contributed by atoms with Crippen LogP contribution in [0.1, 0.15) is 28.3 Å². The molecule has 6 nitrogen and oxygen atoms in total. The lowest BCUT2D eigenvalue weighted by atomic mass is 9.94. The van der Waals surface area contributed by atoms with Crippen molar-refractivity contribution in [1.29, 1.82) is 0 Å². The van der Waals surface area contributed by atoms with Gasteiger partial charge in [0.15, 0.2) is 0 Å². The van der Waals surface area contributed by atoms with Crippen LogP contribution in [0.4, 0.5) is 5.69 Å². The maximum Gasteiger partial charge on any atom is 0.300 e. The maximum absolute atomic E-state index is 13.2. The van der Waals surface area contributed by atoms with Crippen LogP contribution >= 0.6 is 0 Å². The highest BCUT2D eigenvalue weighted by Gasteiger charge is 2.47. The molecule has 1 atom stereocenters. The van der Waals surface area contributed by atoms with Gasteiger partial charge >= 0.3 is 0 Å². The summed E-state index contributed by atoms with van der Waals surface area (Å²) < 4.78 is 5.16. The third kappa shape index (κ3) is 3.60. The summed E-state index contributed by atoms with van der Waals surface area (Å²) in [5, 5.41) is 21.7. The first-order valence-electron chi connectivity index (χ1n) is 10.1. The number of Topliss-reactive ketones (excluding diaryl/α,β-unsaturated/α-hetero) is 1. The molecular formula is C26H23NO5. The second-order valence-electron chi connectivity index (χ2n) is 7.80. The molecule has 32 heavy (non-hydrogen) atoms. The van der Waals surface area contributed by atoms with Gasteiger partial charge in [0.05, 0.1) is 24.4 Å². The molecule has 3 aromatic rings. The summed E-state index contributed by atoms with van der Waals surface area (Å²) in [5.74, 6) is -1.44. The molecule has 0 aromatic heterocycles. The van der Waals surface area contributed by atoms with Crippen molar-refractivity contribution in [3.05, 3.63) is 94.6 Å². The molecular weight excluding hydrogens is 406 g/mol. The fraction of sp³-hybridized carbons (Fsp3) is 0.154. The first-order valence-corrected chi connectivity index (χ1v) is 10.1. The van der Waals surface area contributed by atoms with Gasteiger partial charge in [-0.05, 0) is 61.4 Å². The van der Waals surface area contributed by atoms with E-state index >= 15 is 0 Å². The van der Waals surface area contributed by atoms with Gasteiger partial charge in [0, 0.05) is 5.56 Å². The van der Waals surface area contributed by atoms with E-state index in [2.05, 4.69) is 0 Å². The number of carbonyl (C=O) groups is 2. The van der Waals surface area contributed by atoms with Crippen molar-refractivity contribution in [2.75, 3.05) is 12.0 Å². The summed E-state index contributed by atoms with van der Waals surface area (Å²) >= 11 is 0. The molecule has 1 heterocycles. The number of benzene rings is 3. The topological polar surface area (TPSA) is 87.1 Å². The Kier molecular flexibility index (Phi) is 5.45. The number of ketones is 1. The van der Waals surface area contributed by atoms with Gasteiger partial charge in [-0.15, -0.1) is 0 Å². The lowest BCUT2D eigenvalue weighted by Gasteiger charge is -2.26. The normalized spacial score (nSPS) is 17.6. The van der Waals surface area contributed by atoms with Crippen LogP contribution in [-0.2, 0) is 9.59 Å². The number of methoxy groups -OCH3 is 1. The van der Waals surface area contributed by atoms with E-state index in [1.165, 1.54) is 18.1 Å². The zero-order chi connectivity index (χ0) is 23.0. The van der Waals surface area contributed by atoms with Crippen molar-refractivity contribution in [2.45, 2.75) is 19.9 Å². The molecule has 2 N–H and O–H groups in total. The molecule has 1 aliphatic rings. The number of phenolic OH excluding ortho intramolecular Hbond substituents is 1. The van der Waals surface area contributed by atoms with Crippen molar-refractivity contribution in [3.8, 4) is 11.5 Å². The Labute approximate surface area is 186 Å². The van der Waals surface area contributed by atoms with Gasteiger partial charge in [-0.25, -0.2) is 0 Å². The molecule has 3 aromatic carbocycles. The molecule has 4 rings (SSSR count). The number of nitrogens with zero attached hydrogens (tertiary/aromatic N) is 1. The number of aryl methyl sites for hydroxylation is 2. The van der Waals surface area contributed by atoms with E-state index in [-0.39, 0.29) is 22.8 Å². The van der Waals surface area contributed by atoms with Crippen LogP contribution in [-0.4, -0.2) is 29.0 Å². The number of carbonyl (C=O) groups excluding carboxylic acids is 2. The van der Waals surface area contributed by atoms with Crippen LogP contribution in [0.5, 0.6) is 11.5 Å². The highest BCUT2D eigenvalue weighted by atomic mass is 16.5. The number of hydrogen-bond donors (Lipinski definition) is 2. The first kappa shape index (κ1) is 21.2. The van der Waals surface area contributed by atoms with E-state index in [4.69, 9.17) is 4.74 Å². The number of anilines is 1. The van der Waals surface area contributed by atoms with E-state index in [1.54, 1.807) is 42.5 Å². The third-order valence-electron chi connectivity index (χ3n) is 5.56. The Morgan fingerprint density at radius 3 is 2.28 bits per heavy atom. The van der Waals surface area contributed by atoms with Crippen molar-refractivity contribution >= 4 is 23.1 Å². The van der Waals surface area contributed by atoms with Crippen LogP contribution in [0.25, 0.3) is 5.76 Å². The SMILES string of the molecule is COc1ccc(/C(O)=C2\C(=O)C(=O)N(c3cc(C)ccc3O)C2c2cccc(C)c2)cc1. The molecule has 0 spiro atoms. The summed E-state index contributed by atoms with van der Waals surface area (Å²) in [6.45, 7) is 3.74. The van der Waals surface area contributed by atoms with Crippen molar-refractivity contribution in [2.24, 2.45) is 0 Å². The Morgan fingerprint density at radius 1 is 0.938 bits per heavy atom. The predicted octanol–water partition coefficient (Wildman–Crippen LogP) is 4.64. The van der Waals surface area contributed by atoms with Gasteiger partial charge < -0.3 is 14.9 Å². The minimum absolute atomic E-state index is 0.0355. The minimum atomic E-state index is -0.898. The number of phenols is 1. The van der Waals surface area contributed by atoms with Crippen LogP contribution < -0.4 is 9.64 Å². The van der Waals surface area contributed by atoms with E-state index < -0.39 is 17.7 Å². The van der Waals surface area contributed by atoms with E-state index in [0.717, 1.165) is 11.1 Å². The van der Waals surface area contributed by atoms with Gasteiger partial charge in [0.1, 0.15) is 17.3 Å². The fourth-order valence-corrected chi connectivity index (χ4v) is 3.97. The molecule has 6 heteroatoms. The summed E-state index contributed by atoms with van der Waals surface area (Å²) in [5.41, 5.74) is 2.97. The third-order valence-corrected chi connectivity index (χ3v) is 5.56. The second kappa shape index (κ2) is 8.23. The number of aromatic hydroxyl groups is 1. The van der Waals surface area contributed by atoms with E-state index in [9.17, 15) is 19.8 Å². The molecule has 1 unspecified atom stereocenters. The van der Waals surface area contributed by atoms with Crippen LogP contribution in [0.15, 0.2) is 72.3 Å². The molecule has 0 bridgehead atoms.